The van der Waals surface area contributed by atoms with Crippen LogP contribution in [0.4, 0.5) is 4.39 Å². The van der Waals surface area contributed by atoms with Crippen LogP contribution in [0.25, 0.3) is 0 Å². The number of nitriles is 1. The van der Waals surface area contributed by atoms with Gasteiger partial charge in [-0.3, -0.25) is 4.90 Å². The minimum absolute atomic E-state index is 0.170. The van der Waals surface area contributed by atoms with Crippen molar-refractivity contribution in [3.05, 3.63) is 71.0 Å². The lowest BCUT2D eigenvalue weighted by Gasteiger charge is -2.35. The van der Waals surface area contributed by atoms with E-state index < -0.39 is 0 Å². The highest BCUT2D eigenvalue weighted by molar-refractivity contribution is 5.32. The smallest absolute Gasteiger partial charge is 0.123 e. The fraction of sp³-hybridized carbons (Fsp3) is 0.350. The van der Waals surface area contributed by atoms with Crippen molar-refractivity contribution in [2.75, 3.05) is 32.8 Å². The Balaban J connectivity index is 1.66. The second kappa shape index (κ2) is 8.72. The molecule has 3 rings (SSSR count). The molecular formula is C20H22FN3O. The summed E-state index contributed by atoms with van der Waals surface area (Å²) in [5.74, 6) is -0.217. The minimum Gasteiger partial charge on any atom is -0.379 e. The molecule has 1 saturated heterocycles. The topological polar surface area (TPSA) is 48.3 Å². The Bertz CT molecular complexity index is 720. The summed E-state index contributed by atoms with van der Waals surface area (Å²) in [4.78, 5) is 2.37. The van der Waals surface area contributed by atoms with Gasteiger partial charge in [-0.1, -0.05) is 24.3 Å². The third-order valence-electron chi connectivity index (χ3n) is 4.46. The maximum Gasteiger partial charge on any atom is 0.123 e. The van der Waals surface area contributed by atoms with E-state index in [4.69, 9.17) is 10.00 Å². The van der Waals surface area contributed by atoms with Gasteiger partial charge in [0.1, 0.15) is 5.82 Å². The van der Waals surface area contributed by atoms with Crippen molar-refractivity contribution < 1.29 is 9.13 Å². The van der Waals surface area contributed by atoms with Gasteiger partial charge in [0.25, 0.3) is 0 Å². The van der Waals surface area contributed by atoms with Crippen LogP contribution >= 0.6 is 0 Å². The number of halogens is 1. The van der Waals surface area contributed by atoms with Crippen LogP contribution in [-0.2, 0) is 11.3 Å². The largest absolute Gasteiger partial charge is 0.379 e. The number of nitrogens with zero attached hydrogens (tertiary/aromatic N) is 2. The van der Waals surface area contributed by atoms with Crippen LogP contribution in [0.1, 0.15) is 22.7 Å². The quantitative estimate of drug-likeness (QED) is 0.879. The Hall–Kier alpha value is -2.26. The molecular weight excluding hydrogens is 317 g/mol. The molecule has 4 nitrogen and oxygen atoms in total. The number of hydrogen-bond acceptors (Lipinski definition) is 4. The van der Waals surface area contributed by atoms with E-state index in [1.807, 2.05) is 30.3 Å². The summed E-state index contributed by atoms with van der Waals surface area (Å²) in [6.45, 7) is 4.63. The zero-order valence-corrected chi connectivity index (χ0v) is 14.1. The van der Waals surface area contributed by atoms with Crippen molar-refractivity contribution >= 4 is 0 Å². The number of ether oxygens (including phenoxy) is 1. The molecule has 0 bridgehead atoms. The van der Waals surface area contributed by atoms with Gasteiger partial charge in [0.2, 0.25) is 0 Å². The van der Waals surface area contributed by atoms with Crippen molar-refractivity contribution in [3.8, 4) is 6.07 Å². The van der Waals surface area contributed by atoms with E-state index in [1.54, 1.807) is 6.07 Å². The Morgan fingerprint density at radius 1 is 1.16 bits per heavy atom. The molecule has 2 aromatic rings. The maximum atomic E-state index is 13.3. The lowest BCUT2D eigenvalue weighted by molar-refractivity contribution is 0.0161. The molecule has 0 spiro atoms. The van der Waals surface area contributed by atoms with Crippen molar-refractivity contribution in [3.63, 3.8) is 0 Å². The SMILES string of the molecule is N#Cc1cccc(CNC[C@@H](c2ccc(F)cc2)N2CCOCC2)c1. The van der Waals surface area contributed by atoms with E-state index in [0.29, 0.717) is 12.1 Å². The molecule has 0 aliphatic carbocycles. The predicted molar refractivity (Wildman–Crippen MR) is 94.4 cm³/mol. The van der Waals surface area contributed by atoms with Gasteiger partial charge in [0.05, 0.1) is 24.8 Å². The molecule has 1 aliphatic heterocycles. The minimum atomic E-state index is -0.217. The Morgan fingerprint density at radius 2 is 1.92 bits per heavy atom. The van der Waals surface area contributed by atoms with Crippen molar-refractivity contribution in [2.45, 2.75) is 12.6 Å². The van der Waals surface area contributed by atoms with Crippen LogP contribution in [0.3, 0.4) is 0 Å². The highest BCUT2D eigenvalue weighted by Crippen LogP contribution is 2.22. The van der Waals surface area contributed by atoms with Crippen molar-refractivity contribution in [2.24, 2.45) is 0 Å². The highest BCUT2D eigenvalue weighted by Gasteiger charge is 2.22. The summed E-state index contributed by atoms with van der Waals surface area (Å²) in [5, 5.41) is 12.5. The first-order valence-electron chi connectivity index (χ1n) is 8.53. The van der Waals surface area contributed by atoms with Crippen LogP contribution in [0.5, 0.6) is 0 Å². The highest BCUT2D eigenvalue weighted by atomic mass is 19.1. The molecule has 0 unspecified atom stereocenters. The Kier molecular flexibility index (Phi) is 6.13. The van der Waals surface area contributed by atoms with Gasteiger partial charge in [-0.25, -0.2) is 4.39 Å². The number of rotatable bonds is 6. The van der Waals surface area contributed by atoms with Gasteiger partial charge in [0.15, 0.2) is 0 Å². The predicted octanol–water partition coefficient (Wildman–Crippen LogP) is 2.86. The molecule has 1 N–H and O–H groups in total. The number of hydrogen-bond donors (Lipinski definition) is 1. The maximum absolute atomic E-state index is 13.3. The third kappa shape index (κ3) is 4.86. The Labute approximate surface area is 147 Å². The number of benzene rings is 2. The molecule has 5 heteroatoms. The number of morpholine rings is 1. The van der Waals surface area contributed by atoms with Crippen molar-refractivity contribution in [1.82, 2.24) is 10.2 Å². The van der Waals surface area contributed by atoms with Gasteiger partial charge < -0.3 is 10.1 Å². The molecule has 1 fully saturated rings. The molecule has 2 aromatic carbocycles. The molecule has 0 amide bonds. The van der Waals surface area contributed by atoms with Crippen molar-refractivity contribution in [1.29, 1.82) is 5.26 Å². The summed E-state index contributed by atoms with van der Waals surface area (Å²) in [7, 11) is 0. The molecule has 25 heavy (non-hydrogen) atoms. The molecule has 0 radical (unpaired) electrons. The first-order valence-corrected chi connectivity index (χ1v) is 8.53. The summed E-state index contributed by atoms with van der Waals surface area (Å²) < 4.78 is 18.7. The van der Waals surface area contributed by atoms with E-state index in [2.05, 4.69) is 16.3 Å². The normalized spacial score (nSPS) is 16.3. The fourth-order valence-electron chi connectivity index (χ4n) is 3.14. The van der Waals surface area contributed by atoms with E-state index in [-0.39, 0.29) is 11.9 Å². The van der Waals surface area contributed by atoms with Crippen LogP contribution in [0.15, 0.2) is 48.5 Å². The summed E-state index contributed by atoms with van der Waals surface area (Å²) in [6.07, 6.45) is 0. The summed E-state index contributed by atoms with van der Waals surface area (Å²) in [6, 6.07) is 16.7. The van der Waals surface area contributed by atoms with E-state index in [9.17, 15) is 4.39 Å². The van der Waals surface area contributed by atoms with Crippen LogP contribution in [-0.4, -0.2) is 37.7 Å². The van der Waals surface area contributed by atoms with Crippen LogP contribution in [0, 0.1) is 17.1 Å². The summed E-state index contributed by atoms with van der Waals surface area (Å²) in [5.41, 5.74) is 2.85. The second-order valence-corrected chi connectivity index (χ2v) is 6.16. The number of nitrogens with one attached hydrogen (secondary N) is 1. The van der Waals surface area contributed by atoms with Gasteiger partial charge in [-0.05, 0) is 35.4 Å². The average molecular weight is 339 g/mol. The molecule has 1 heterocycles. The van der Waals surface area contributed by atoms with Crippen LogP contribution in [0.2, 0.25) is 0 Å². The lowest BCUT2D eigenvalue weighted by Crippen LogP contribution is -2.42. The molecule has 0 aromatic heterocycles. The molecule has 1 aliphatic rings. The molecule has 130 valence electrons. The zero-order valence-electron chi connectivity index (χ0n) is 14.1. The second-order valence-electron chi connectivity index (χ2n) is 6.16. The summed E-state index contributed by atoms with van der Waals surface area (Å²) >= 11 is 0. The van der Waals surface area contributed by atoms with E-state index >= 15 is 0 Å². The van der Waals surface area contributed by atoms with E-state index in [0.717, 1.165) is 44.0 Å². The van der Waals surface area contributed by atoms with Gasteiger partial charge in [-0.15, -0.1) is 0 Å². The fourth-order valence-corrected chi connectivity index (χ4v) is 3.14. The van der Waals surface area contributed by atoms with Gasteiger partial charge in [-0.2, -0.15) is 5.26 Å². The standard InChI is InChI=1S/C20H22FN3O/c21-19-6-4-18(5-7-19)20(24-8-10-25-11-9-24)15-23-14-17-3-1-2-16(12-17)13-22/h1-7,12,20,23H,8-11,14-15H2/t20-/m0/s1. The van der Waals surface area contributed by atoms with Crippen LogP contribution < -0.4 is 5.32 Å². The Morgan fingerprint density at radius 3 is 2.64 bits per heavy atom. The first kappa shape index (κ1) is 17.6. The van der Waals surface area contributed by atoms with Gasteiger partial charge in [0, 0.05) is 32.2 Å². The average Bonchev–Trinajstić information content (AvgIpc) is 2.67. The third-order valence-corrected chi connectivity index (χ3v) is 4.46. The van der Waals surface area contributed by atoms with Gasteiger partial charge >= 0.3 is 0 Å². The molecule has 1 atom stereocenters. The molecule has 0 saturated carbocycles. The first-order chi connectivity index (χ1) is 12.3. The van der Waals surface area contributed by atoms with E-state index in [1.165, 1.54) is 12.1 Å². The zero-order chi connectivity index (χ0) is 17.5. The monoisotopic (exact) mass is 339 g/mol. The lowest BCUT2D eigenvalue weighted by atomic mass is 10.0.